The molecule has 1 aliphatic rings. The standard InChI is InChI=1S/C27H27N3O2/c1-3-21(2)27(20-19-22-13-7-4-8-14-22)28-25(31)29(23-15-9-5-10-16-23)26(32)30(27)24-17-11-6-12-18-24/h4-21H,3H2,1-2H3,(H,28,31)/b20-19+/t21-,27?/m0/s1. The first-order chi connectivity index (χ1) is 15.6. The van der Waals surface area contributed by atoms with E-state index in [-0.39, 0.29) is 11.9 Å². The SMILES string of the molecule is CC[C@H](C)C1(/C=C/c2ccccc2)NC(=O)N(c2ccccc2)C(=O)N1c1ccccc1. The lowest BCUT2D eigenvalue weighted by Crippen LogP contribution is -2.74. The first kappa shape index (κ1) is 21.4. The fraction of sp³-hybridized carbons (Fsp3) is 0.185. The minimum absolute atomic E-state index is 0.0477. The van der Waals surface area contributed by atoms with Gasteiger partial charge in [-0.2, -0.15) is 0 Å². The summed E-state index contributed by atoms with van der Waals surface area (Å²) in [7, 11) is 0. The van der Waals surface area contributed by atoms with E-state index in [2.05, 4.69) is 19.2 Å². The third-order valence-electron chi connectivity index (χ3n) is 5.98. The van der Waals surface area contributed by atoms with Crippen LogP contribution in [0.1, 0.15) is 25.8 Å². The zero-order valence-corrected chi connectivity index (χ0v) is 18.3. The second kappa shape index (κ2) is 9.10. The first-order valence-electron chi connectivity index (χ1n) is 10.9. The highest BCUT2D eigenvalue weighted by Crippen LogP contribution is 2.37. The maximum absolute atomic E-state index is 13.9. The van der Waals surface area contributed by atoms with Gasteiger partial charge in [-0.15, -0.1) is 0 Å². The molecule has 3 aromatic carbocycles. The highest BCUT2D eigenvalue weighted by molar-refractivity contribution is 6.22. The van der Waals surface area contributed by atoms with Gasteiger partial charge in [-0.1, -0.05) is 86.7 Å². The van der Waals surface area contributed by atoms with Gasteiger partial charge in [0.1, 0.15) is 5.66 Å². The van der Waals surface area contributed by atoms with Crippen LogP contribution in [0.3, 0.4) is 0 Å². The van der Waals surface area contributed by atoms with Crippen molar-refractivity contribution in [3.05, 3.63) is 103 Å². The number of rotatable bonds is 6. The monoisotopic (exact) mass is 425 g/mol. The predicted octanol–water partition coefficient (Wildman–Crippen LogP) is 6.30. The summed E-state index contributed by atoms with van der Waals surface area (Å²) in [5, 5.41) is 3.18. The molecule has 1 saturated heterocycles. The minimum Gasteiger partial charge on any atom is -0.310 e. The molecular weight excluding hydrogens is 398 g/mol. The Kier molecular flexibility index (Phi) is 6.08. The number of urea groups is 2. The van der Waals surface area contributed by atoms with Crippen LogP contribution < -0.4 is 15.1 Å². The van der Waals surface area contributed by atoms with Gasteiger partial charge in [0.05, 0.1) is 5.69 Å². The van der Waals surface area contributed by atoms with Crippen LogP contribution in [0.4, 0.5) is 21.0 Å². The summed E-state index contributed by atoms with van der Waals surface area (Å²) in [5.74, 6) is -0.0477. The maximum atomic E-state index is 13.9. The Morgan fingerprint density at radius 2 is 1.38 bits per heavy atom. The predicted molar refractivity (Wildman–Crippen MR) is 129 cm³/mol. The molecule has 0 radical (unpaired) electrons. The Labute approximate surface area is 189 Å². The van der Waals surface area contributed by atoms with E-state index < -0.39 is 11.7 Å². The van der Waals surface area contributed by atoms with Crippen molar-refractivity contribution >= 4 is 29.5 Å². The van der Waals surface area contributed by atoms with Gasteiger partial charge >= 0.3 is 12.1 Å². The van der Waals surface area contributed by atoms with Gasteiger partial charge in [0.2, 0.25) is 0 Å². The Morgan fingerprint density at radius 1 is 0.844 bits per heavy atom. The lowest BCUT2D eigenvalue weighted by Gasteiger charge is -2.51. The molecule has 4 amide bonds. The summed E-state index contributed by atoms with van der Waals surface area (Å²) >= 11 is 0. The molecule has 0 saturated carbocycles. The number of carbonyl (C=O) groups excluding carboxylic acids is 2. The minimum atomic E-state index is -1.02. The summed E-state index contributed by atoms with van der Waals surface area (Å²) in [6.45, 7) is 4.11. The van der Waals surface area contributed by atoms with Crippen molar-refractivity contribution in [3.63, 3.8) is 0 Å². The van der Waals surface area contributed by atoms with Crippen molar-refractivity contribution in [2.75, 3.05) is 9.80 Å². The van der Waals surface area contributed by atoms with Crippen molar-refractivity contribution in [3.8, 4) is 0 Å². The Hall–Kier alpha value is -3.86. The molecule has 5 nitrogen and oxygen atoms in total. The van der Waals surface area contributed by atoms with E-state index in [0.717, 1.165) is 17.7 Å². The quantitative estimate of drug-likeness (QED) is 0.504. The van der Waals surface area contributed by atoms with E-state index in [1.165, 1.54) is 4.90 Å². The molecule has 0 aliphatic carbocycles. The van der Waals surface area contributed by atoms with Crippen molar-refractivity contribution in [1.82, 2.24) is 5.32 Å². The van der Waals surface area contributed by atoms with E-state index in [4.69, 9.17) is 0 Å². The number of imide groups is 1. The van der Waals surface area contributed by atoms with Gasteiger partial charge < -0.3 is 5.32 Å². The average Bonchev–Trinajstić information content (AvgIpc) is 2.84. The molecule has 32 heavy (non-hydrogen) atoms. The number of hydrogen-bond acceptors (Lipinski definition) is 2. The molecule has 0 spiro atoms. The summed E-state index contributed by atoms with van der Waals surface area (Å²) < 4.78 is 0. The zero-order valence-electron chi connectivity index (χ0n) is 18.3. The number of anilines is 2. The van der Waals surface area contributed by atoms with E-state index in [1.807, 2.05) is 91.0 Å². The molecule has 1 heterocycles. The van der Waals surface area contributed by atoms with Gasteiger partial charge in [-0.3, -0.25) is 4.90 Å². The van der Waals surface area contributed by atoms with Gasteiger partial charge in [0, 0.05) is 11.6 Å². The van der Waals surface area contributed by atoms with Gasteiger partial charge in [0.15, 0.2) is 0 Å². The molecular formula is C27H27N3O2. The van der Waals surface area contributed by atoms with Crippen LogP contribution in [0.2, 0.25) is 0 Å². The van der Waals surface area contributed by atoms with E-state index in [1.54, 1.807) is 17.0 Å². The van der Waals surface area contributed by atoms with E-state index in [9.17, 15) is 9.59 Å². The molecule has 162 valence electrons. The number of hydrogen-bond donors (Lipinski definition) is 1. The zero-order chi connectivity index (χ0) is 22.6. The largest absolute Gasteiger partial charge is 0.339 e. The first-order valence-corrected chi connectivity index (χ1v) is 10.9. The number of para-hydroxylation sites is 2. The van der Waals surface area contributed by atoms with E-state index >= 15 is 0 Å². The second-order valence-electron chi connectivity index (χ2n) is 7.93. The van der Waals surface area contributed by atoms with Gasteiger partial charge in [-0.25, -0.2) is 14.5 Å². The number of nitrogens with zero attached hydrogens (tertiary/aromatic N) is 2. The van der Waals surface area contributed by atoms with Crippen LogP contribution >= 0.6 is 0 Å². The second-order valence-corrected chi connectivity index (χ2v) is 7.93. The van der Waals surface area contributed by atoms with Crippen molar-refractivity contribution < 1.29 is 9.59 Å². The van der Waals surface area contributed by atoms with Crippen LogP contribution in [0.5, 0.6) is 0 Å². The van der Waals surface area contributed by atoms with Gasteiger partial charge in [0.25, 0.3) is 0 Å². The molecule has 4 rings (SSSR count). The van der Waals surface area contributed by atoms with Crippen molar-refractivity contribution in [2.45, 2.75) is 25.9 Å². The highest BCUT2D eigenvalue weighted by Gasteiger charge is 2.51. The Balaban J connectivity index is 1.88. The number of nitrogens with one attached hydrogen (secondary N) is 1. The molecule has 1 unspecified atom stereocenters. The molecule has 2 atom stereocenters. The third-order valence-corrected chi connectivity index (χ3v) is 5.98. The average molecular weight is 426 g/mol. The highest BCUT2D eigenvalue weighted by atomic mass is 16.2. The number of benzene rings is 3. The number of carbonyl (C=O) groups is 2. The number of amides is 4. The van der Waals surface area contributed by atoms with Crippen molar-refractivity contribution in [2.24, 2.45) is 5.92 Å². The normalized spacial score (nSPS) is 19.8. The van der Waals surface area contributed by atoms with Crippen LogP contribution in [0.25, 0.3) is 6.08 Å². The molecule has 0 bridgehead atoms. The lowest BCUT2D eigenvalue weighted by atomic mass is 9.87. The van der Waals surface area contributed by atoms with Crippen LogP contribution in [0, 0.1) is 5.92 Å². The van der Waals surface area contributed by atoms with Crippen molar-refractivity contribution in [1.29, 1.82) is 0 Å². The molecule has 3 aromatic rings. The summed E-state index contributed by atoms with van der Waals surface area (Å²) in [4.78, 5) is 30.2. The molecule has 0 aromatic heterocycles. The smallest absolute Gasteiger partial charge is 0.310 e. The summed E-state index contributed by atoms with van der Waals surface area (Å²) in [6, 6.07) is 27.6. The summed E-state index contributed by atoms with van der Waals surface area (Å²) in [6.07, 6.45) is 4.68. The lowest BCUT2D eigenvalue weighted by molar-refractivity contribution is 0.198. The molecule has 5 heteroatoms. The van der Waals surface area contributed by atoms with E-state index in [0.29, 0.717) is 5.69 Å². The van der Waals surface area contributed by atoms with Crippen LogP contribution in [0.15, 0.2) is 97.1 Å². The van der Waals surface area contributed by atoms with Gasteiger partial charge in [-0.05, 0) is 42.3 Å². The molecule has 1 N–H and O–H groups in total. The summed E-state index contributed by atoms with van der Waals surface area (Å²) in [5.41, 5.74) is 1.22. The maximum Gasteiger partial charge on any atom is 0.339 e. The topological polar surface area (TPSA) is 52.7 Å². The van der Waals surface area contributed by atoms with Crippen LogP contribution in [-0.4, -0.2) is 17.7 Å². The fourth-order valence-corrected chi connectivity index (χ4v) is 4.06. The molecule has 1 aliphatic heterocycles. The Bertz CT molecular complexity index is 1100. The van der Waals surface area contributed by atoms with Crippen LogP contribution in [-0.2, 0) is 0 Å². The Morgan fingerprint density at radius 3 is 1.94 bits per heavy atom. The third kappa shape index (κ3) is 3.89. The molecule has 1 fully saturated rings. The fourth-order valence-electron chi connectivity index (χ4n) is 4.06.